The van der Waals surface area contributed by atoms with E-state index in [1.54, 1.807) is 11.0 Å². The first-order valence-corrected chi connectivity index (χ1v) is 8.72. The molecule has 1 N–H and O–H groups in total. The van der Waals surface area contributed by atoms with E-state index in [0.717, 1.165) is 29.1 Å². The summed E-state index contributed by atoms with van der Waals surface area (Å²) in [5, 5.41) is 11.2. The molecule has 26 heavy (non-hydrogen) atoms. The van der Waals surface area contributed by atoms with Crippen LogP contribution in [0.4, 0.5) is 16.3 Å². The van der Waals surface area contributed by atoms with Crippen molar-refractivity contribution in [3.05, 3.63) is 41.5 Å². The number of ether oxygens (including phenoxy) is 1. The van der Waals surface area contributed by atoms with Crippen LogP contribution in [0, 0.1) is 13.8 Å². The monoisotopic (exact) mass is 355 g/mol. The molecule has 0 saturated carbocycles. The van der Waals surface area contributed by atoms with Crippen LogP contribution in [0.1, 0.15) is 17.5 Å². The maximum absolute atomic E-state index is 12.5. The van der Waals surface area contributed by atoms with E-state index in [9.17, 15) is 4.79 Å². The summed E-state index contributed by atoms with van der Waals surface area (Å²) in [4.78, 5) is 16.1. The summed E-state index contributed by atoms with van der Waals surface area (Å²) >= 11 is 0. The second-order valence-corrected chi connectivity index (χ2v) is 6.91. The van der Waals surface area contributed by atoms with Crippen LogP contribution in [0.15, 0.2) is 30.3 Å². The van der Waals surface area contributed by atoms with Crippen molar-refractivity contribution < 1.29 is 9.53 Å². The molecule has 3 rings (SSSR count). The first-order chi connectivity index (χ1) is 12.4. The molecule has 2 amide bonds. The molecule has 1 aliphatic rings. The Labute approximate surface area is 154 Å². The zero-order valence-corrected chi connectivity index (χ0v) is 15.7. The lowest BCUT2D eigenvalue weighted by Crippen LogP contribution is -2.34. The number of carbonyl (C=O) groups is 1. The van der Waals surface area contributed by atoms with Gasteiger partial charge in [0.05, 0.1) is 6.54 Å². The Morgan fingerprint density at radius 1 is 1.19 bits per heavy atom. The lowest BCUT2D eigenvalue weighted by atomic mass is 10.1. The number of nitrogens with one attached hydrogen (secondary N) is 1. The van der Waals surface area contributed by atoms with Crippen molar-refractivity contribution in [1.29, 1.82) is 0 Å². The predicted octanol–water partition coefficient (Wildman–Crippen LogP) is 2.84. The van der Waals surface area contributed by atoms with Crippen LogP contribution in [0.25, 0.3) is 0 Å². The summed E-state index contributed by atoms with van der Waals surface area (Å²) in [6, 6.07) is 9.59. The average Bonchev–Trinajstić information content (AvgIpc) is 3.03. The number of hydrogen-bond acceptors (Lipinski definition) is 5. The largest absolute Gasteiger partial charge is 0.471 e. The van der Waals surface area contributed by atoms with Crippen molar-refractivity contribution in [1.82, 2.24) is 15.1 Å². The second-order valence-electron chi connectivity index (χ2n) is 6.91. The van der Waals surface area contributed by atoms with Crippen molar-refractivity contribution in [2.45, 2.75) is 26.4 Å². The van der Waals surface area contributed by atoms with Crippen molar-refractivity contribution in [3.8, 4) is 5.88 Å². The molecule has 1 unspecified atom stereocenters. The standard InChI is InChI=1S/C19H25N5O2/c1-13-9-14(2)11-15(10-13)20-19(25)24-8-7-16(12-24)26-18-6-5-17(21-22-18)23(3)4/h5-6,9-11,16H,7-8,12H2,1-4H3,(H,20,25). The molecule has 7 nitrogen and oxygen atoms in total. The zero-order chi connectivity index (χ0) is 18.7. The predicted molar refractivity (Wildman–Crippen MR) is 102 cm³/mol. The number of aromatic nitrogens is 2. The van der Waals surface area contributed by atoms with Gasteiger partial charge in [-0.15, -0.1) is 10.2 Å². The van der Waals surface area contributed by atoms with Crippen molar-refractivity contribution in [2.24, 2.45) is 0 Å². The van der Waals surface area contributed by atoms with E-state index in [2.05, 4.69) is 21.6 Å². The van der Waals surface area contributed by atoms with Gasteiger partial charge in [0, 0.05) is 38.8 Å². The van der Waals surface area contributed by atoms with E-state index >= 15 is 0 Å². The van der Waals surface area contributed by atoms with Gasteiger partial charge < -0.3 is 19.9 Å². The summed E-state index contributed by atoms with van der Waals surface area (Å²) in [5.74, 6) is 1.26. The lowest BCUT2D eigenvalue weighted by Gasteiger charge is -2.18. The number of hydrogen-bond donors (Lipinski definition) is 1. The van der Waals surface area contributed by atoms with E-state index < -0.39 is 0 Å². The summed E-state index contributed by atoms with van der Waals surface area (Å²) in [5.41, 5.74) is 3.08. The van der Waals surface area contributed by atoms with Gasteiger partial charge in [0.25, 0.3) is 0 Å². The van der Waals surface area contributed by atoms with Crippen molar-refractivity contribution >= 4 is 17.5 Å². The highest BCUT2D eigenvalue weighted by atomic mass is 16.5. The Hall–Kier alpha value is -2.83. The second kappa shape index (κ2) is 7.59. The van der Waals surface area contributed by atoms with E-state index in [1.165, 1.54) is 0 Å². The number of rotatable bonds is 4. The van der Waals surface area contributed by atoms with E-state index in [-0.39, 0.29) is 12.1 Å². The van der Waals surface area contributed by atoms with Crippen LogP contribution in [0.5, 0.6) is 5.88 Å². The Balaban J connectivity index is 1.55. The molecule has 0 spiro atoms. The number of benzene rings is 1. The number of amides is 2. The van der Waals surface area contributed by atoms with Gasteiger partial charge in [-0.2, -0.15) is 0 Å². The summed E-state index contributed by atoms with van der Waals surface area (Å²) in [6.45, 7) is 5.23. The van der Waals surface area contributed by atoms with E-state index in [0.29, 0.717) is 19.0 Å². The lowest BCUT2D eigenvalue weighted by molar-refractivity contribution is 0.188. The number of anilines is 2. The maximum Gasteiger partial charge on any atom is 0.321 e. The number of nitrogens with zero attached hydrogens (tertiary/aromatic N) is 4. The molecule has 2 aromatic rings. The van der Waals surface area contributed by atoms with Crippen LogP contribution < -0.4 is 15.0 Å². The molecule has 1 aliphatic heterocycles. The molecule has 1 aromatic carbocycles. The van der Waals surface area contributed by atoms with Gasteiger partial charge in [0.2, 0.25) is 5.88 Å². The maximum atomic E-state index is 12.5. The van der Waals surface area contributed by atoms with Gasteiger partial charge in [-0.05, 0) is 43.2 Å². The fourth-order valence-electron chi connectivity index (χ4n) is 3.04. The molecule has 7 heteroatoms. The zero-order valence-electron chi connectivity index (χ0n) is 15.7. The summed E-state index contributed by atoms with van der Waals surface area (Å²) < 4.78 is 5.87. The fourth-order valence-corrected chi connectivity index (χ4v) is 3.04. The van der Waals surface area contributed by atoms with Crippen LogP contribution in [-0.2, 0) is 0 Å². The number of carbonyl (C=O) groups excluding carboxylic acids is 1. The van der Waals surface area contributed by atoms with Gasteiger partial charge in [-0.1, -0.05) is 6.07 Å². The fraction of sp³-hybridized carbons (Fsp3) is 0.421. The topological polar surface area (TPSA) is 70.6 Å². The number of urea groups is 1. The van der Waals surface area contributed by atoms with Gasteiger partial charge in [-0.3, -0.25) is 0 Å². The van der Waals surface area contributed by atoms with Gasteiger partial charge in [0.15, 0.2) is 5.82 Å². The summed E-state index contributed by atoms with van der Waals surface area (Å²) in [6.07, 6.45) is 0.705. The van der Waals surface area contributed by atoms with Gasteiger partial charge in [0.1, 0.15) is 6.10 Å². The number of aryl methyl sites for hydroxylation is 2. The highest BCUT2D eigenvalue weighted by molar-refractivity contribution is 5.89. The quantitative estimate of drug-likeness (QED) is 0.913. The minimum Gasteiger partial charge on any atom is -0.471 e. The Kier molecular flexibility index (Phi) is 5.25. The molecule has 1 fully saturated rings. The van der Waals surface area contributed by atoms with Crippen LogP contribution in [0.2, 0.25) is 0 Å². The molecular weight excluding hydrogens is 330 g/mol. The third-order valence-electron chi connectivity index (χ3n) is 4.28. The Morgan fingerprint density at radius 3 is 2.54 bits per heavy atom. The molecule has 2 heterocycles. The molecule has 1 atom stereocenters. The van der Waals surface area contributed by atoms with Crippen LogP contribution in [-0.4, -0.2) is 54.4 Å². The molecule has 0 aliphatic carbocycles. The van der Waals surface area contributed by atoms with E-state index in [4.69, 9.17) is 4.74 Å². The summed E-state index contributed by atoms with van der Waals surface area (Å²) in [7, 11) is 3.82. The molecule has 0 bridgehead atoms. The average molecular weight is 355 g/mol. The molecule has 138 valence electrons. The van der Waals surface area contributed by atoms with Gasteiger partial charge >= 0.3 is 6.03 Å². The smallest absolute Gasteiger partial charge is 0.321 e. The third-order valence-corrected chi connectivity index (χ3v) is 4.28. The minimum atomic E-state index is -0.102. The highest BCUT2D eigenvalue weighted by Gasteiger charge is 2.28. The van der Waals surface area contributed by atoms with E-state index in [1.807, 2.05) is 51.0 Å². The first kappa shape index (κ1) is 18.0. The SMILES string of the molecule is Cc1cc(C)cc(NC(=O)N2CCC(Oc3ccc(N(C)C)nn3)C2)c1. The molecule has 1 saturated heterocycles. The minimum absolute atomic E-state index is 0.0699. The molecule has 1 aromatic heterocycles. The first-order valence-electron chi connectivity index (χ1n) is 8.72. The third kappa shape index (κ3) is 4.41. The molecule has 0 radical (unpaired) electrons. The Morgan fingerprint density at radius 2 is 1.92 bits per heavy atom. The van der Waals surface area contributed by atoms with Crippen molar-refractivity contribution in [3.63, 3.8) is 0 Å². The number of likely N-dealkylation sites (tertiary alicyclic amines) is 1. The Bertz CT molecular complexity index is 756. The van der Waals surface area contributed by atoms with Crippen LogP contribution in [0.3, 0.4) is 0 Å². The van der Waals surface area contributed by atoms with Crippen molar-refractivity contribution in [2.75, 3.05) is 37.4 Å². The van der Waals surface area contributed by atoms with Gasteiger partial charge in [-0.25, -0.2) is 4.79 Å². The molecular formula is C19H25N5O2. The normalized spacial score (nSPS) is 16.5. The van der Waals surface area contributed by atoms with Crippen LogP contribution >= 0.6 is 0 Å². The highest BCUT2D eigenvalue weighted by Crippen LogP contribution is 2.19.